The van der Waals surface area contributed by atoms with Gasteiger partial charge in [0, 0.05) is 19.0 Å². The Morgan fingerprint density at radius 3 is 2.78 bits per heavy atom. The van der Waals surface area contributed by atoms with Crippen molar-refractivity contribution in [2.75, 3.05) is 18.9 Å². The molecule has 1 heterocycles. The Balaban J connectivity index is 2.00. The number of aryl methyl sites for hydroxylation is 1. The molecule has 1 aromatic heterocycles. The standard InChI is InChI=1S/C12H20N4O2/c1-16-10(9(13)6-15-16)11(18)14-7-12(8-17)4-2-3-5-12/h6,17H,2-5,7-8,13H2,1H3,(H,14,18). The van der Waals surface area contributed by atoms with Crippen LogP contribution in [0.15, 0.2) is 6.20 Å². The van der Waals surface area contributed by atoms with E-state index >= 15 is 0 Å². The first-order chi connectivity index (χ1) is 8.58. The van der Waals surface area contributed by atoms with Crippen molar-refractivity contribution in [1.29, 1.82) is 0 Å². The van der Waals surface area contributed by atoms with E-state index in [0.717, 1.165) is 25.7 Å². The van der Waals surface area contributed by atoms with Gasteiger partial charge in [-0.15, -0.1) is 0 Å². The summed E-state index contributed by atoms with van der Waals surface area (Å²) in [5, 5.41) is 16.3. The number of carbonyl (C=O) groups is 1. The van der Waals surface area contributed by atoms with Crippen molar-refractivity contribution in [3.8, 4) is 0 Å². The molecular weight excluding hydrogens is 232 g/mol. The number of hydrogen-bond acceptors (Lipinski definition) is 4. The quantitative estimate of drug-likeness (QED) is 0.717. The Hall–Kier alpha value is -1.56. The minimum Gasteiger partial charge on any atom is -0.396 e. The van der Waals surface area contributed by atoms with E-state index in [0.29, 0.717) is 17.9 Å². The molecule has 0 saturated heterocycles. The Morgan fingerprint density at radius 2 is 2.28 bits per heavy atom. The monoisotopic (exact) mass is 252 g/mol. The average Bonchev–Trinajstić information content (AvgIpc) is 2.95. The number of nitrogens with one attached hydrogen (secondary N) is 1. The second kappa shape index (κ2) is 4.97. The van der Waals surface area contributed by atoms with Crippen molar-refractivity contribution in [2.45, 2.75) is 25.7 Å². The van der Waals surface area contributed by atoms with Crippen LogP contribution in [0.2, 0.25) is 0 Å². The van der Waals surface area contributed by atoms with Crippen LogP contribution in [0.3, 0.4) is 0 Å². The number of anilines is 1. The van der Waals surface area contributed by atoms with Gasteiger partial charge in [0.15, 0.2) is 0 Å². The fourth-order valence-electron chi connectivity index (χ4n) is 2.60. The van der Waals surface area contributed by atoms with Crippen LogP contribution in [0.4, 0.5) is 5.69 Å². The van der Waals surface area contributed by atoms with Gasteiger partial charge in [0.2, 0.25) is 0 Å². The number of rotatable bonds is 4. The zero-order valence-corrected chi connectivity index (χ0v) is 10.6. The van der Waals surface area contributed by atoms with Gasteiger partial charge in [0.25, 0.3) is 5.91 Å². The summed E-state index contributed by atoms with van der Waals surface area (Å²) in [6.45, 7) is 0.612. The molecule has 18 heavy (non-hydrogen) atoms. The molecule has 6 nitrogen and oxygen atoms in total. The normalized spacial score (nSPS) is 17.9. The fraction of sp³-hybridized carbons (Fsp3) is 0.667. The fourth-order valence-corrected chi connectivity index (χ4v) is 2.60. The first-order valence-corrected chi connectivity index (χ1v) is 6.24. The van der Waals surface area contributed by atoms with E-state index < -0.39 is 0 Å². The van der Waals surface area contributed by atoms with E-state index in [1.807, 2.05) is 0 Å². The van der Waals surface area contributed by atoms with Gasteiger partial charge in [-0.3, -0.25) is 9.48 Å². The highest BCUT2D eigenvalue weighted by Gasteiger charge is 2.33. The highest BCUT2D eigenvalue weighted by molar-refractivity contribution is 5.97. The maximum atomic E-state index is 12.0. The molecule has 0 spiro atoms. The maximum Gasteiger partial charge on any atom is 0.271 e. The number of nitrogens with two attached hydrogens (primary N) is 1. The number of aromatic nitrogens is 2. The number of nitrogens with zero attached hydrogens (tertiary/aromatic N) is 2. The summed E-state index contributed by atoms with van der Waals surface area (Å²) in [4.78, 5) is 12.0. The third-order valence-electron chi connectivity index (χ3n) is 3.81. The summed E-state index contributed by atoms with van der Waals surface area (Å²) in [7, 11) is 1.68. The number of aliphatic hydroxyl groups is 1. The Bertz CT molecular complexity index is 416. The number of nitrogen functional groups attached to an aromatic ring is 1. The lowest BCUT2D eigenvalue weighted by Gasteiger charge is -2.26. The summed E-state index contributed by atoms with van der Waals surface area (Å²) in [5.41, 5.74) is 6.30. The van der Waals surface area contributed by atoms with Crippen LogP contribution in [0, 0.1) is 5.41 Å². The Labute approximate surface area is 106 Å². The summed E-state index contributed by atoms with van der Waals surface area (Å²) >= 11 is 0. The van der Waals surface area contributed by atoms with Crippen LogP contribution in [-0.4, -0.2) is 33.9 Å². The van der Waals surface area contributed by atoms with Gasteiger partial charge in [0.05, 0.1) is 18.5 Å². The third kappa shape index (κ3) is 2.33. The largest absolute Gasteiger partial charge is 0.396 e. The second-order valence-electron chi connectivity index (χ2n) is 5.12. The second-order valence-corrected chi connectivity index (χ2v) is 5.12. The third-order valence-corrected chi connectivity index (χ3v) is 3.81. The van der Waals surface area contributed by atoms with Gasteiger partial charge < -0.3 is 16.2 Å². The minimum atomic E-state index is -0.229. The van der Waals surface area contributed by atoms with E-state index in [1.54, 1.807) is 7.05 Å². The molecule has 1 aromatic rings. The number of carbonyl (C=O) groups excluding carboxylic acids is 1. The van der Waals surface area contributed by atoms with Crippen molar-refractivity contribution in [3.05, 3.63) is 11.9 Å². The molecule has 100 valence electrons. The van der Waals surface area contributed by atoms with Gasteiger partial charge >= 0.3 is 0 Å². The highest BCUT2D eigenvalue weighted by atomic mass is 16.3. The van der Waals surface area contributed by atoms with E-state index in [9.17, 15) is 9.90 Å². The SMILES string of the molecule is Cn1ncc(N)c1C(=O)NCC1(CO)CCCC1. The van der Waals surface area contributed by atoms with Gasteiger partial charge in [-0.1, -0.05) is 12.8 Å². The van der Waals surface area contributed by atoms with E-state index in [4.69, 9.17) is 5.73 Å². The lowest BCUT2D eigenvalue weighted by atomic mass is 9.87. The molecular formula is C12H20N4O2. The van der Waals surface area contributed by atoms with Crippen molar-refractivity contribution in [3.63, 3.8) is 0 Å². The summed E-state index contributed by atoms with van der Waals surface area (Å²) in [6, 6.07) is 0. The molecule has 0 atom stereocenters. The Kier molecular flexibility index (Phi) is 3.56. The molecule has 0 radical (unpaired) electrons. The molecule has 1 aliphatic rings. The van der Waals surface area contributed by atoms with E-state index in [1.165, 1.54) is 10.9 Å². The van der Waals surface area contributed by atoms with Crippen LogP contribution in [0.1, 0.15) is 36.2 Å². The van der Waals surface area contributed by atoms with Crippen molar-refractivity contribution in [1.82, 2.24) is 15.1 Å². The molecule has 0 unspecified atom stereocenters. The predicted molar refractivity (Wildman–Crippen MR) is 67.9 cm³/mol. The zero-order chi connectivity index (χ0) is 13.2. The molecule has 6 heteroatoms. The molecule has 2 rings (SSSR count). The first-order valence-electron chi connectivity index (χ1n) is 6.24. The van der Waals surface area contributed by atoms with Crippen molar-refractivity contribution in [2.24, 2.45) is 12.5 Å². The van der Waals surface area contributed by atoms with Crippen LogP contribution in [-0.2, 0) is 7.05 Å². The topological polar surface area (TPSA) is 93.2 Å². The van der Waals surface area contributed by atoms with E-state index in [2.05, 4.69) is 10.4 Å². The Morgan fingerprint density at radius 1 is 1.61 bits per heavy atom. The number of hydrogen-bond donors (Lipinski definition) is 3. The number of aliphatic hydroxyl groups excluding tert-OH is 1. The summed E-state index contributed by atoms with van der Waals surface area (Å²) in [6.07, 6.45) is 5.62. The van der Waals surface area contributed by atoms with Crippen LogP contribution < -0.4 is 11.1 Å². The van der Waals surface area contributed by atoms with Crippen molar-refractivity contribution >= 4 is 11.6 Å². The lowest BCUT2D eigenvalue weighted by Crippen LogP contribution is -2.39. The van der Waals surface area contributed by atoms with Gasteiger partial charge in [-0.25, -0.2) is 0 Å². The van der Waals surface area contributed by atoms with Gasteiger partial charge in [0.1, 0.15) is 5.69 Å². The highest BCUT2D eigenvalue weighted by Crippen LogP contribution is 2.36. The molecule has 1 amide bonds. The molecule has 0 bridgehead atoms. The minimum absolute atomic E-state index is 0.119. The average molecular weight is 252 g/mol. The molecule has 0 aromatic carbocycles. The lowest BCUT2D eigenvalue weighted by molar-refractivity contribution is 0.0873. The molecule has 4 N–H and O–H groups in total. The number of amides is 1. The molecule has 1 saturated carbocycles. The summed E-state index contributed by atoms with van der Waals surface area (Å²) in [5.74, 6) is -0.229. The molecule has 1 fully saturated rings. The summed E-state index contributed by atoms with van der Waals surface area (Å²) < 4.78 is 1.46. The zero-order valence-electron chi connectivity index (χ0n) is 10.6. The van der Waals surface area contributed by atoms with E-state index in [-0.39, 0.29) is 17.9 Å². The van der Waals surface area contributed by atoms with Gasteiger partial charge in [-0.05, 0) is 12.8 Å². The molecule has 0 aliphatic heterocycles. The van der Waals surface area contributed by atoms with Crippen LogP contribution >= 0.6 is 0 Å². The van der Waals surface area contributed by atoms with Crippen LogP contribution in [0.25, 0.3) is 0 Å². The van der Waals surface area contributed by atoms with Crippen LogP contribution in [0.5, 0.6) is 0 Å². The van der Waals surface area contributed by atoms with Crippen molar-refractivity contribution < 1.29 is 9.90 Å². The smallest absolute Gasteiger partial charge is 0.271 e. The first kappa shape index (κ1) is 12.9. The molecule has 1 aliphatic carbocycles. The predicted octanol–water partition coefficient (Wildman–Crippen LogP) is 0.285. The maximum absolute atomic E-state index is 12.0. The van der Waals surface area contributed by atoms with Gasteiger partial charge in [-0.2, -0.15) is 5.10 Å².